The number of rotatable bonds is 5. The zero-order valence-corrected chi connectivity index (χ0v) is 15.9. The number of piperidine rings is 1. The SMILES string of the molecule is Cc1cc(N2CCCCC2)nc(CNC(=O)c2cc(-c3ccccc3)on2)n1. The maximum atomic E-state index is 12.4. The van der Waals surface area contributed by atoms with Gasteiger partial charge in [0.25, 0.3) is 5.91 Å². The number of hydrogen-bond acceptors (Lipinski definition) is 6. The van der Waals surface area contributed by atoms with Gasteiger partial charge in [0.05, 0.1) is 6.54 Å². The number of benzene rings is 1. The van der Waals surface area contributed by atoms with Crippen LogP contribution in [0.15, 0.2) is 47.0 Å². The Morgan fingerprint density at radius 3 is 2.68 bits per heavy atom. The van der Waals surface area contributed by atoms with E-state index in [4.69, 9.17) is 4.52 Å². The first-order valence-corrected chi connectivity index (χ1v) is 9.59. The van der Waals surface area contributed by atoms with Crippen LogP contribution in [0.3, 0.4) is 0 Å². The van der Waals surface area contributed by atoms with E-state index in [9.17, 15) is 4.79 Å². The quantitative estimate of drug-likeness (QED) is 0.734. The standard InChI is InChI=1S/C21H23N5O2/c1-15-12-20(26-10-6-3-7-11-26)24-19(23-15)14-22-21(27)17-13-18(28-25-17)16-8-4-2-5-9-16/h2,4-5,8-9,12-13H,3,6-7,10-11,14H2,1H3,(H,22,27). The highest BCUT2D eigenvalue weighted by Gasteiger charge is 2.16. The van der Waals surface area contributed by atoms with E-state index >= 15 is 0 Å². The molecular formula is C21H23N5O2. The lowest BCUT2D eigenvalue weighted by atomic mass is 10.1. The molecule has 144 valence electrons. The molecule has 3 heterocycles. The van der Waals surface area contributed by atoms with Gasteiger partial charge in [-0.25, -0.2) is 9.97 Å². The predicted octanol–water partition coefficient (Wildman–Crippen LogP) is 3.36. The van der Waals surface area contributed by atoms with Crippen molar-refractivity contribution in [1.82, 2.24) is 20.4 Å². The molecule has 1 saturated heterocycles. The average Bonchev–Trinajstić information content (AvgIpc) is 3.23. The summed E-state index contributed by atoms with van der Waals surface area (Å²) in [7, 11) is 0. The Balaban J connectivity index is 1.42. The van der Waals surface area contributed by atoms with Gasteiger partial charge >= 0.3 is 0 Å². The molecule has 7 heteroatoms. The van der Waals surface area contributed by atoms with Crippen molar-refractivity contribution in [1.29, 1.82) is 0 Å². The van der Waals surface area contributed by atoms with Gasteiger partial charge in [-0.2, -0.15) is 0 Å². The molecule has 0 bridgehead atoms. The van der Waals surface area contributed by atoms with Gasteiger partial charge in [-0.1, -0.05) is 35.5 Å². The molecule has 7 nitrogen and oxygen atoms in total. The first-order chi connectivity index (χ1) is 13.7. The Kier molecular flexibility index (Phi) is 5.32. The monoisotopic (exact) mass is 377 g/mol. The van der Waals surface area contributed by atoms with Crippen molar-refractivity contribution in [2.24, 2.45) is 0 Å². The Labute approximate surface area is 163 Å². The van der Waals surface area contributed by atoms with Crippen molar-refractivity contribution in [3.05, 3.63) is 59.7 Å². The number of hydrogen-bond donors (Lipinski definition) is 1. The summed E-state index contributed by atoms with van der Waals surface area (Å²) in [4.78, 5) is 23.8. The van der Waals surface area contributed by atoms with Crippen molar-refractivity contribution in [2.45, 2.75) is 32.7 Å². The molecule has 0 radical (unpaired) electrons. The van der Waals surface area contributed by atoms with Crippen LogP contribution in [0, 0.1) is 6.92 Å². The van der Waals surface area contributed by atoms with E-state index in [-0.39, 0.29) is 18.1 Å². The molecule has 0 saturated carbocycles. The van der Waals surface area contributed by atoms with Gasteiger partial charge in [-0.05, 0) is 26.2 Å². The fourth-order valence-corrected chi connectivity index (χ4v) is 3.35. The number of amides is 1. The van der Waals surface area contributed by atoms with Crippen molar-refractivity contribution < 1.29 is 9.32 Å². The number of anilines is 1. The number of aromatic nitrogens is 3. The molecule has 3 aromatic rings. The lowest BCUT2D eigenvalue weighted by molar-refractivity contribution is 0.0941. The van der Waals surface area contributed by atoms with E-state index in [1.54, 1.807) is 6.07 Å². The molecule has 0 atom stereocenters. The van der Waals surface area contributed by atoms with Crippen molar-refractivity contribution in [3.63, 3.8) is 0 Å². The van der Waals surface area contributed by atoms with E-state index in [0.717, 1.165) is 30.2 Å². The average molecular weight is 377 g/mol. The minimum atomic E-state index is -0.310. The highest BCUT2D eigenvalue weighted by Crippen LogP contribution is 2.20. The van der Waals surface area contributed by atoms with E-state index in [1.807, 2.05) is 43.3 Å². The normalized spacial score (nSPS) is 14.1. The van der Waals surface area contributed by atoms with Crippen molar-refractivity contribution in [2.75, 3.05) is 18.0 Å². The second-order valence-electron chi connectivity index (χ2n) is 6.96. The first-order valence-electron chi connectivity index (χ1n) is 9.59. The van der Waals surface area contributed by atoms with Crippen LogP contribution in [-0.4, -0.2) is 34.1 Å². The summed E-state index contributed by atoms with van der Waals surface area (Å²) < 4.78 is 5.29. The van der Waals surface area contributed by atoms with Crippen LogP contribution in [0.2, 0.25) is 0 Å². The van der Waals surface area contributed by atoms with E-state index in [1.165, 1.54) is 19.3 Å². The van der Waals surface area contributed by atoms with E-state index in [0.29, 0.717) is 11.6 Å². The summed E-state index contributed by atoms with van der Waals surface area (Å²) in [6.45, 7) is 4.23. The number of nitrogens with zero attached hydrogens (tertiary/aromatic N) is 4. The van der Waals surface area contributed by atoms with Gasteiger partial charge in [0.1, 0.15) is 11.6 Å². The molecule has 1 aliphatic heterocycles. The maximum absolute atomic E-state index is 12.4. The molecule has 1 aliphatic rings. The third-order valence-electron chi connectivity index (χ3n) is 4.78. The first kappa shape index (κ1) is 18.2. The molecule has 0 spiro atoms. The maximum Gasteiger partial charge on any atom is 0.273 e. The highest BCUT2D eigenvalue weighted by molar-refractivity contribution is 5.92. The third kappa shape index (κ3) is 4.19. The summed E-state index contributed by atoms with van der Waals surface area (Å²) in [5.41, 5.74) is 2.01. The molecule has 1 aromatic carbocycles. The summed E-state index contributed by atoms with van der Waals surface area (Å²) in [5.74, 6) is 1.78. The largest absolute Gasteiger partial charge is 0.357 e. The number of carbonyl (C=O) groups excluding carboxylic acids is 1. The van der Waals surface area contributed by atoms with Gasteiger partial charge in [-0.3, -0.25) is 4.79 Å². The molecule has 28 heavy (non-hydrogen) atoms. The fraction of sp³-hybridized carbons (Fsp3) is 0.333. The summed E-state index contributed by atoms with van der Waals surface area (Å²) >= 11 is 0. The Morgan fingerprint density at radius 2 is 1.89 bits per heavy atom. The molecular weight excluding hydrogens is 354 g/mol. The smallest absolute Gasteiger partial charge is 0.273 e. The Hall–Kier alpha value is -3.22. The summed E-state index contributed by atoms with van der Waals surface area (Å²) in [6.07, 6.45) is 3.64. The predicted molar refractivity (Wildman–Crippen MR) is 106 cm³/mol. The van der Waals surface area contributed by atoms with Crippen molar-refractivity contribution >= 4 is 11.7 Å². The second kappa shape index (κ2) is 8.21. The van der Waals surface area contributed by atoms with Crippen LogP contribution in [0.5, 0.6) is 0 Å². The number of nitrogens with one attached hydrogen (secondary N) is 1. The van der Waals surface area contributed by atoms with E-state index in [2.05, 4.69) is 25.3 Å². The molecule has 1 fully saturated rings. The minimum Gasteiger partial charge on any atom is -0.357 e. The van der Waals surface area contributed by atoms with Crippen LogP contribution < -0.4 is 10.2 Å². The van der Waals surface area contributed by atoms with Crippen LogP contribution in [0.25, 0.3) is 11.3 Å². The van der Waals surface area contributed by atoms with Crippen LogP contribution in [0.4, 0.5) is 5.82 Å². The zero-order chi connectivity index (χ0) is 19.3. The third-order valence-corrected chi connectivity index (χ3v) is 4.78. The molecule has 1 N–H and O–H groups in total. The highest BCUT2D eigenvalue weighted by atomic mass is 16.5. The van der Waals surface area contributed by atoms with Gasteiger partial charge in [0.15, 0.2) is 11.5 Å². The lowest BCUT2D eigenvalue weighted by Gasteiger charge is -2.28. The zero-order valence-electron chi connectivity index (χ0n) is 15.9. The second-order valence-corrected chi connectivity index (χ2v) is 6.96. The Morgan fingerprint density at radius 1 is 1.11 bits per heavy atom. The summed E-state index contributed by atoms with van der Waals surface area (Å²) in [6, 6.07) is 13.2. The summed E-state index contributed by atoms with van der Waals surface area (Å²) in [5, 5.41) is 6.71. The van der Waals surface area contributed by atoms with Gasteiger partial charge in [-0.15, -0.1) is 0 Å². The lowest BCUT2D eigenvalue weighted by Crippen LogP contribution is -2.31. The topological polar surface area (TPSA) is 84.2 Å². The van der Waals surface area contributed by atoms with Gasteiger partial charge in [0, 0.05) is 36.5 Å². The van der Waals surface area contributed by atoms with Gasteiger partial charge < -0.3 is 14.7 Å². The fourth-order valence-electron chi connectivity index (χ4n) is 3.35. The molecule has 4 rings (SSSR count). The van der Waals surface area contributed by atoms with Crippen LogP contribution in [-0.2, 0) is 6.54 Å². The number of carbonyl (C=O) groups is 1. The van der Waals surface area contributed by atoms with Gasteiger partial charge in [0.2, 0.25) is 0 Å². The molecule has 0 aliphatic carbocycles. The molecule has 2 aromatic heterocycles. The molecule has 0 unspecified atom stereocenters. The van der Waals surface area contributed by atoms with Crippen molar-refractivity contribution in [3.8, 4) is 11.3 Å². The van der Waals surface area contributed by atoms with Crippen LogP contribution >= 0.6 is 0 Å². The van der Waals surface area contributed by atoms with E-state index < -0.39 is 0 Å². The molecule has 1 amide bonds. The van der Waals surface area contributed by atoms with Crippen LogP contribution in [0.1, 0.15) is 41.3 Å². The minimum absolute atomic E-state index is 0.239. The number of aryl methyl sites for hydroxylation is 1. The Bertz CT molecular complexity index is 948.